The molecule has 8 heterocycles. The number of nitrogens with zero attached hydrogens (tertiary/aromatic N) is 4. The minimum Gasteiger partial charge on any atom is -0.488 e. The van der Waals surface area contributed by atoms with Crippen LogP contribution in [0.3, 0.4) is 0 Å². The van der Waals surface area contributed by atoms with E-state index in [-0.39, 0.29) is 44.1 Å². The molecule has 4 fully saturated rings. The zero-order chi connectivity index (χ0) is 94.4. The molecule has 8 nitrogen and oxygen atoms in total. The van der Waals surface area contributed by atoms with Gasteiger partial charge in [-0.25, -0.2) is 18.3 Å². The van der Waals surface area contributed by atoms with Crippen LogP contribution >= 0.6 is 0 Å². The van der Waals surface area contributed by atoms with Gasteiger partial charge in [-0.1, -0.05) is 120 Å². The Morgan fingerprint density at radius 3 is 0.908 bits per heavy atom. The second kappa shape index (κ2) is 30.9. The first-order valence-electron chi connectivity index (χ1n) is 49.9. The number of rotatable bonds is 8. The number of hydrogen-bond acceptors (Lipinski definition) is 4. The van der Waals surface area contributed by atoms with Crippen molar-refractivity contribution in [1.29, 1.82) is 0 Å². The van der Waals surface area contributed by atoms with Gasteiger partial charge in [0.25, 0.3) is 0 Å². The number of aryl methyl sites for hydroxylation is 12. The predicted molar refractivity (Wildman–Crippen MR) is 491 cm³/mol. The Morgan fingerprint density at radius 2 is 0.583 bits per heavy atom. The third kappa shape index (κ3) is 14.4. The Morgan fingerprint density at radius 1 is 0.283 bits per heavy atom. The van der Waals surface area contributed by atoms with E-state index in [4.69, 9.17) is 35.4 Å². The molecule has 0 unspecified atom stereocenters. The van der Waals surface area contributed by atoms with Crippen LogP contribution in [0.1, 0.15) is 241 Å². The molecule has 4 aromatic heterocycles. The van der Waals surface area contributed by atoms with Gasteiger partial charge in [-0.05, 0) is 328 Å². The van der Waals surface area contributed by atoms with Crippen molar-refractivity contribution in [2.75, 3.05) is 0 Å². The summed E-state index contributed by atoms with van der Waals surface area (Å²) in [5.74, 6) is 3.62. The quantitative estimate of drug-likeness (QED) is 0.142. The van der Waals surface area contributed by atoms with E-state index in [1.807, 2.05) is 184 Å². The standard InChI is InChI=1S/2C29H34NO.C28H32NO.C26H28NO/c1-20-16-21(2)24(26-10-6-9-15-30(26)5)18-23(20)22-11-12-25-27(17-22)31-28(3,4)19-29(25)13-7-8-14-29;1-20-17-21(2)24(26-11-7-10-16-30(26)5)19-23(20)22-12-13-25-27(18-22)31-29(28(25,3)4)14-8-6-9-15-29;1-19-16-20(2)23(25-10-6-9-15-29(25)5)18-22(19)21-11-12-24-26(17-21)30-28(27(24,3)4)13-7-8-14-28;1-17-14-18(2)21(23-8-6-7-13-27(23)5)16-20(17)19-9-10-22-24(15-19)28-25(3,4)26(22)11-12-26/h6,9-12,15-18H,7-8,13-14,19H2,1-5H3;7,10-13,16-19H,6,8-9,14-15H2,1-5H3;6,9-12,15-18H,7-8,13-14H2,1-5H3;6-10,13-16H,11-12H2,1-5H3/q4*+1/i4*1D3. The summed E-state index contributed by atoms with van der Waals surface area (Å²) in [6.07, 6.45) is 26.6. The third-order valence-electron chi connectivity index (χ3n) is 29.3. The number of pyridine rings is 4. The SMILES string of the molecule is [2H]C([2H])([2H])c1cc(C)c(-c2cccc[n+]2C)cc1-c1ccc2c(c1)OC(C)(C)C21CC1.[2H]C([2H])([2H])c1cc(C)c(-c2cccc[n+]2C)cc1-c1ccc2c(c1)OC(C)(C)CC21CCCC1.[2H]C([2H])([2H])c1cc(C)c(-c2cccc[n+]2C)cc1-c1ccc2c(c1)OC1(CCCC1)C2(C)C.[2H]C([2H])([2H])c1cc(C)c(-c2cccc[n+]2C)cc1-c1ccc2c(c1)OC1(CCCCC1)C2(C)C. The molecular weight excluding hydrogens is 1470 g/mol. The van der Waals surface area contributed by atoms with Crippen LogP contribution < -0.4 is 37.2 Å². The second-order valence-electron chi connectivity index (χ2n) is 38.4. The number of fused-ring (bicyclic) bond motifs is 6. The summed E-state index contributed by atoms with van der Waals surface area (Å²) in [7, 11) is 8.05. The molecule has 20 rings (SSSR count). The molecule has 4 aliphatic carbocycles. The maximum absolute atomic E-state index is 8.26. The van der Waals surface area contributed by atoms with Gasteiger partial charge in [-0.15, -0.1) is 0 Å². The lowest BCUT2D eigenvalue weighted by atomic mass is 9.65. The third-order valence-corrected chi connectivity index (χ3v) is 29.3. The normalized spacial score (nSPS) is 20.3. The molecule has 0 atom stereocenters. The van der Waals surface area contributed by atoms with Crippen LogP contribution in [-0.2, 0) is 49.9 Å². The number of aromatic nitrogens is 4. The van der Waals surface area contributed by atoms with Gasteiger partial charge in [0.1, 0.15) is 73.6 Å². The van der Waals surface area contributed by atoms with Gasteiger partial charge >= 0.3 is 0 Å². The van der Waals surface area contributed by atoms with Crippen LogP contribution in [0.25, 0.3) is 89.5 Å². The van der Waals surface area contributed by atoms with Crippen LogP contribution in [-0.4, -0.2) is 22.4 Å². The summed E-state index contributed by atoms with van der Waals surface area (Å²) in [4.78, 5) is 0. The Kier molecular flexibility index (Phi) is 17.6. The van der Waals surface area contributed by atoms with E-state index in [0.29, 0.717) is 22.3 Å². The maximum Gasteiger partial charge on any atom is 0.212 e. The summed E-state index contributed by atoms with van der Waals surface area (Å²) in [6, 6.07) is 65.1. The van der Waals surface area contributed by atoms with Crippen molar-refractivity contribution >= 4 is 0 Å². The Bertz CT molecular complexity index is 6500. The molecule has 0 amide bonds. The summed E-state index contributed by atoms with van der Waals surface area (Å²) in [5, 5.41) is 0. The Hall–Kier alpha value is -10.4. The molecule has 8 heteroatoms. The molecule has 120 heavy (non-hydrogen) atoms. The van der Waals surface area contributed by atoms with Gasteiger partial charge in [0, 0.05) is 131 Å². The maximum atomic E-state index is 8.26. The van der Waals surface area contributed by atoms with Crippen molar-refractivity contribution in [3.8, 4) is 113 Å². The lowest BCUT2D eigenvalue weighted by Crippen LogP contribution is -2.49. The van der Waals surface area contributed by atoms with Crippen molar-refractivity contribution < 1.29 is 53.7 Å². The van der Waals surface area contributed by atoms with Crippen LogP contribution in [0.4, 0.5) is 0 Å². The Labute approximate surface area is 733 Å². The van der Waals surface area contributed by atoms with Gasteiger partial charge in [-0.3, -0.25) is 0 Å². The highest BCUT2D eigenvalue weighted by Crippen LogP contribution is 2.65. The van der Waals surface area contributed by atoms with Gasteiger partial charge in [0.2, 0.25) is 22.8 Å². The molecule has 0 bridgehead atoms. The van der Waals surface area contributed by atoms with Gasteiger partial charge < -0.3 is 18.9 Å². The lowest BCUT2D eigenvalue weighted by Gasteiger charge is -2.44. The summed E-state index contributed by atoms with van der Waals surface area (Å²) >= 11 is 0. The monoisotopic (exact) mass is 1610 g/mol. The van der Waals surface area contributed by atoms with E-state index >= 15 is 0 Å². The van der Waals surface area contributed by atoms with E-state index in [9.17, 15) is 0 Å². The van der Waals surface area contributed by atoms with Crippen molar-refractivity contribution in [2.45, 2.75) is 257 Å². The first-order chi connectivity index (χ1) is 62.1. The molecule has 8 aromatic carbocycles. The van der Waals surface area contributed by atoms with E-state index in [1.54, 1.807) is 0 Å². The average Bonchev–Trinajstić information content (AvgIpc) is 1.53. The van der Waals surface area contributed by atoms with Crippen LogP contribution in [0, 0.1) is 55.1 Å². The van der Waals surface area contributed by atoms with E-state index in [0.717, 1.165) is 180 Å². The van der Waals surface area contributed by atoms with E-state index in [2.05, 4.69) is 165 Å². The fourth-order valence-electron chi connectivity index (χ4n) is 22.2. The highest BCUT2D eigenvalue weighted by Gasteiger charge is 2.63. The summed E-state index contributed by atoms with van der Waals surface area (Å²) in [6.45, 7) is 17.0. The van der Waals surface area contributed by atoms with Crippen molar-refractivity contribution in [3.05, 3.63) is 286 Å². The largest absolute Gasteiger partial charge is 0.488 e. The number of benzene rings is 8. The molecule has 0 N–H and O–H groups in total. The highest BCUT2D eigenvalue weighted by atomic mass is 16.5. The molecule has 8 aliphatic rings. The molecular formula is C112H128N4O4+4. The zero-order valence-electron chi connectivity index (χ0n) is 85.5. The molecule has 4 aliphatic heterocycles. The van der Waals surface area contributed by atoms with Crippen molar-refractivity contribution in [2.24, 2.45) is 28.2 Å². The fraction of sp³-hybridized carbons (Fsp3) is 0.393. The average molecular weight is 1610 g/mol. The fourth-order valence-corrected chi connectivity index (χ4v) is 22.2. The number of ether oxygens (including phenoxy) is 4. The minimum absolute atomic E-state index is 0.0551. The first kappa shape index (κ1) is 68.2. The van der Waals surface area contributed by atoms with Crippen LogP contribution in [0.15, 0.2) is 219 Å². The lowest BCUT2D eigenvalue weighted by molar-refractivity contribution is -0.660. The minimum atomic E-state index is -2.21. The van der Waals surface area contributed by atoms with Crippen LogP contribution in [0.5, 0.6) is 23.0 Å². The summed E-state index contributed by atoms with van der Waals surface area (Å²) in [5.41, 5.74) is 24.7. The van der Waals surface area contributed by atoms with E-state index in [1.165, 1.54) is 80.0 Å². The molecule has 12 aromatic rings. The number of hydrogen-bond donors (Lipinski definition) is 0. The zero-order valence-corrected chi connectivity index (χ0v) is 73.5. The van der Waals surface area contributed by atoms with Gasteiger partial charge in [0.15, 0.2) is 24.8 Å². The summed E-state index contributed by atoms with van der Waals surface area (Å²) < 4.78 is 133. The topological polar surface area (TPSA) is 52.4 Å². The molecule has 4 saturated carbocycles. The molecule has 0 saturated heterocycles. The highest BCUT2D eigenvalue weighted by molar-refractivity contribution is 5.82. The second-order valence-corrected chi connectivity index (χ2v) is 38.4. The van der Waals surface area contributed by atoms with Gasteiger partial charge in [-0.2, -0.15) is 0 Å². The van der Waals surface area contributed by atoms with Gasteiger partial charge in [0.05, 0.1) is 0 Å². The molecule has 0 radical (unpaired) electrons. The molecule has 4 spiro atoms. The van der Waals surface area contributed by atoms with E-state index < -0.39 is 27.4 Å². The first-order valence-corrected chi connectivity index (χ1v) is 43.9. The van der Waals surface area contributed by atoms with Crippen LogP contribution in [0.2, 0.25) is 0 Å². The molecule has 616 valence electrons. The smallest absolute Gasteiger partial charge is 0.212 e. The Balaban J connectivity index is 0.000000123. The van der Waals surface area contributed by atoms with Crippen molar-refractivity contribution in [1.82, 2.24) is 0 Å². The van der Waals surface area contributed by atoms with Crippen molar-refractivity contribution in [3.63, 3.8) is 0 Å². The predicted octanol–water partition coefficient (Wildman–Crippen LogP) is 25.8.